The van der Waals surface area contributed by atoms with E-state index in [4.69, 9.17) is 9.84 Å². The van der Waals surface area contributed by atoms with Crippen molar-refractivity contribution in [3.8, 4) is 0 Å². The van der Waals surface area contributed by atoms with E-state index in [1.807, 2.05) is 6.07 Å². The van der Waals surface area contributed by atoms with Gasteiger partial charge in [-0.1, -0.05) is 0 Å². The molecule has 8 heteroatoms. The number of hydrogen-bond acceptors (Lipinski definition) is 4. The van der Waals surface area contributed by atoms with Gasteiger partial charge >= 0.3 is 12.0 Å². The molecule has 2 amide bonds. The van der Waals surface area contributed by atoms with Gasteiger partial charge in [0.1, 0.15) is 0 Å². The fraction of sp³-hybridized carbons (Fsp3) is 0.583. The first-order chi connectivity index (χ1) is 9.54. The van der Waals surface area contributed by atoms with Crippen LogP contribution in [0.3, 0.4) is 0 Å². The Hall–Kier alpha value is -2.09. The van der Waals surface area contributed by atoms with Crippen molar-refractivity contribution in [2.45, 2.75) is 31.6 Å². The van der Waals surface area contributed by atoms with Crippen LogP contribution in [-0.4, -0.2) is 45.6 Å². The van der Waals surface area contributed by atoms with Crippen LogP contribution in [-0.2, 0) is 23.1 Å². The van der Waals surface area contributed by atoms with Gasteiger partial charge in [-0.2, -0.15) is 5.10 Å². The fourth-order valence-corrected chi connectivity index (χ4v) is 2.03. The van der Waals surface area contributed by atoms with Crippen LogP contribution < -0.4 is 10.6 Å². The second-order valence-corrected chi connectivity index (χ2v) is 4.71. The molecule has 2 atom stereocenters. The Kier molecular flexibility index (Phi) is 4.57. The second kappa shape index (κ2) is 6.38. The van der Waals surface area contributed by atoms with Crippen molar-refractivity contribution >= 4 is 12.0 Å². The van der Waals surface area contributed by atoms with E-state index in [0.29, 0.717) is 25.9 Å². The summed E-state index contributed by atoms with van der Waals surface area (Å²) in [5.74, 6) is -0.952. The number of carbonyl (C=O) groups is 2. The standard InChI is InChI=1S/C12H18N4O4/c1-16-5-4-8(15-16)6-13-12(19)14-7-9-2-3-10(20-9)11(17)18/h4-5,9-10H,2-3,6-7H2,1H3,(H,17,18)(H2,13,14,19). The average molecular weight is 282 g/mol. The van der Waals surface area contributed by atoms with Crippen LogP contribution in [0.15, 0.2) is 12.3 Å². The monoisotopic (exact) mass is 282 g/mol. The van der Waals surface area contributed by atoms with Gasteiger partial charge in [0.2, 0.25) is 0 Å². The van der Waals surface area contributed by atoms with Crippen LogP contribution in [0.5, 0.6) is 0 Å². The molecule has 1 saturated heterocycles. The molecule has 0 bridgehead atoms. The summed E-state index contributed by atoms with van der Waals surface area (Å²) in [6.07, 6.45) is 1.93. The van der Waals surface area contributed by atoms with Crippen molar-refractivity contribution in [2.24, 2.45) is 7.05 Å². The molecule has 110 valence electrons. The normalized spacial score (nSPS) is 21.6. The minimum atomic E-state index is -0.952. The van der Waals surface area contributed by atoms with E-state index in [9.17, 15) is 9.59 Å². The topological polar surface area (TPSA) is 105 Å². The van der Waals surface area contributed by atoms with Crippen molar-refractivity contribution in [3.05, 3.63) is 18.0 Å². The van der Waals surface area contributed by atoms with Gasteiger partial charge in [0.05, 0.1) is 18.3 Å². The van der Waals surface area contributed by atoms with Crippen LogP contribution in [0.1, 0.15) is 18.5 Å². The number of amides is 2. The van der Waals surface area contributed by atoms with Gasteiger partial charge in [-0.15, -0.1) is 0 Å². The minimum Gasteiger partial charge on any atom is -0.479 e. The number of aromatic nitrogens is 2. The van der Waals surface area contributed by atoms with Gasteiger partial charge in [0.15, 0.2) is 6.10 Å². The number of carboxylic acid groups (broad SMARTS) is 1. The number of carboxylic acids is 1. The van der Waals surface area contributed by atoms with Crippen molar-refractivity contribution in [1.82, 2.24) is 20.4 Å². The summed E-state index contributed by atoms with van der Waals surface area (Å²) in [7, 11) is 1.81. The highest BCUT2D eigenvalue weighted by atomic mass is 16.5. The lowest BCUT2D eigenvalue weighted by Gasteiger charge is -2.12. The molecule has 2 unspecified atom stereocenters. The van der Waals surface area contributed by atoms with E-state index < -0.39 is 12.1 Å². The van der Waals surface area contributed by atoms with Crippen LogP contribution in [0.2, 0.25) is 0 Å². The summed E-state index contributed by atoms with van der Waals surface area (Å²) in [5.41, 5.74) is 0.769. The highest BCUT2D eigenvalue weighted by molar-refractivity contribution is 5.74. The maximum Gasteiger partial charge on any atom is 0.332 e. The van der Waals surface area contributed by atoms with E-state index in [1.54, 1.807) is 17.9 Å². The molecular formula is C12H18N4O4. The molecule has 0 radical (unpaired) electrons. The number of nitrogens with one attached hydrogen (secondary N) is 2. The molecule has 1 aromatic rings. The number of aryl methyl sites for hydroxylation is 1. The van der Waals surface area contributed by atoms with Gasteiger partial charge in [-0.25, -0.2) is 9.59 Å². The Morgan fingerprint density at radius 3 is 2.90 bits per heavy atom. The zero-order valence-electron chi connectivity index (χ0n) is 11.2. The molecular weight excluding hydrogens is 264 g/mol. The molecule has 0 saturated carbocycles. The lowest BCUT2D eigenvalue weighted by molar-refractivity contribution is -0.149. The predicted octanol–water partition coefficient (Wildman–Crippen LogP) is -0.148. The predicted molar refractivity (Wildman–Crippen MR) is 69.0 cm³/mol. The van der Waals surface area contributed by atoms with E-state index >= 15 is 0 Å². The van der Waals surface area contributed by atoms with Crippen LogP contribution in [0, 0.1) is 0 Å². The van der Waals surface area contributed by atoms with E-state index in [0.717, 1.165) is 5.69 Å². The number of carbonyl (C=O) groups excluding carboxylic acids is 1. The summed E-state index contributed by atoms with van der Waals surface area (Å²) >= 11 is 0. The molecule has 1 aliphatic rings. The van der Waals surface area contributed by atoms with Crippen molar-refractivity contribution in [3.63, 3.8) is 0 Å². The molecule has 1 fully saturated rings. The SMILES string of the molecule is Cn1ccc(CNC(=O)NCC2CCC(C(=O)O)O2)n1. The summed E-state index contributed by atoms with van der Waals surface area (Å²) in [6.45, 7) is 0.647. The first-order valence-electron chi connectivity index (χ1n) is 6.43. The largest absolute Gasteiger partial charge is 0.479 e. The highest BCUT2D eigenvalue weighted by Gasteiger charge is 2.30. The lowest BCUT2D eigenvalue weighted by Crippen LogP contribution is -2.39. The Labute approximate surface area is 116 Å². The zero-order chi connectivity index (χ0) is 14.5. The maximum atomic E-state index is 11.6. The Bertz CT molecular complexity index is 488. The first kappa shape index (κ1) is 14.3. The third-order valence-corrected chi connectivity index (χ3v) is 3.07. The molecule has 20 heavy (non-hydrogen) atoms. The van der Waals surface area contributed by atoms with Gasteiger partial charge in [0, 0.05) is 19.8 Å². The number of hydrogen-bond donors (Lipinski definition) is 3. The van der Waals surface area contributed by atoms with Gasteiger partial charge < -0.3 is 20.5 Å². The van der Waals surface area contributed by atoms with Gasteiger partial charge in [-0.05, 0) is 18.9 Å². The number of rotatable bonds is 5. The first-order valence-corrected chi connectivity index (χ1v) is 6.43. The van der Waals surface area contributed by atoms with E-state index in [1.165, 1.54) is 0 Å². The molecule has 2 heterocycles. The minimum absolute atomic E-state index is 0.239. The third kappa shape index (κ3) is 3.95. The molecule has 0 aliphatic carbocycles. The highest BCUT2D eigenvalue weighted by Crippen LogP contribution is 2.19. The smallest absolute Gasteiger partial charge is 0.332 e. The van der Waals surface area contributed by atoms with Crippen LogP contribution in [0.4, 0.5) is 4.79 Å². The fourth-order valence-electron chi connectivity index (χ4n) is 2.03. The maximum absolute atomic E-state index is 11.6. The molecule has 1 aromatic heterocycles. The molecule has 2 rings (SSSR count). The molecule has 3 N–H and O–H groups in total. The Morgan fingerprint density at radius 1 is 1.50 bits per heavy atom. The van der Waals surface area contributed by atoms with Gasteiger partial charge in [0.25, 0.3) is 0 Å². The van der Waals surface area contributed by atoms with Crippen LogP contribution >= 0.6 is 0 Å². The average Bonchev–Trinajstić information content (AvgIpc) is 3.03. The Balaban J connectivity index is 1.64. The van der Waals surface area contributed by atoms with Crippen molar-refractivity contribution < 1.29 is 19.4 Å². The number of nitrogens with zero attached hydrogens (tertiary/aromatic N) is 2. The summed E-state index contributed by atoms with van der Waals surface area (Å²) < 4.78 is 6.94. The summed E-state index contributed by atoms with van der Waals surface area (Å²) in [6, 6.07) is 1.50. The molecule has 1 aliphatic heterocycles. The number of ether oxygens (including phenoxy) is 1. The summed E-state index contributed by atoms with van der Waals surface area (Å²) in [5, 5.41) is 18.3. The number of aliphatic carboxylic acids is 1. The van der Waals surface area contributed by atoms with E-state index in [-0.39, 0.29) is 12.1 Å². The van der Waals surface area contributed by atoms with Crippen LogP contribution in [0.25, 0.3) is 0 Å². The molecule has 0 spiro atoms. The van der Waals surface area contributed by atoms with E-state index in [2.05, 4.69) is 15.7 Å². The van der Waals surface area contributed by atoms with Crippen molar-refractivity contribution in [1.29, 1.82) is 0 Å². The third-order valence-electron chi connectivity index (χ3n) is 3.07. The second-order valence-electron chi connectivity index (χ2n) is 4.71. The van der Waals surface area contributed by atoms with Crippen molar-refractivity contribution in [2.75, 3.05) is 6.54 Å². The number of urea groups is 1. The molecule has 8 nitrogen and oxygen atoms in total. The molecule has 0 aromatic carbocycles. The summed E-state index contributed by atoms with van der Waals surface area (Å²) in [4.78, 5) is 22.3. The quantitative estimate of drug-likeness (QED) is 0.696. The zero-order valence-corrected chi connectivity index (χ0v) is 11.2. The Morgan fingerprint density at radius 2 is 2.30 bits per heavy atom. The lowest BCUT2D eigenvalue weighted by atomic mass is 10.2. The van der Waals surface area contributed by atoms with Gasteiger partial charge in [-0.3, -0.25) is 4.68 Å².